The van der Waals surface area contributed by atoms with Crippen LogP contribution in [0.1, 0.15) is 49.5 Å². The summed E-state index contributed by atoms with van der Waals surface area (Å²) in [4.78, 5) is 1.59. The largest absolute Gasteiger partial charge is 0.149 e. The van der Waals surface area contributed by atoms with Crippen LogP contribution in [0.25, 0.3) is 0 Å². The van der Waals surface area contributed by atoms with Crippen molar-refractivity contribution in [1.29, 1.82) is 0 Å². The minimum Gasteiger partial charge on any atom is -0.149 e. The molecule has 0 saturated carbocycles. The van der Waals surface area contributed by atoms with E-state index >= 15 is 0 Å². The normalized spacial score (nSPS) is 10.6. The summed E-state index contributed by atoms with van der Waals surface area (Å²) in [6.45, 7) is 4.49. The number of unbranched alkanes of at least 4 members (excludes halogenated alkanes) is 4. The summed E-state index contributed by atoms with van der Waals surface area (Å²) < 4.78 is 0. The first-order valence-electron chi connectivity index (χ1n) is 5.37. The molecule has 0 aliphatic heterocycles. The van der Waals surface area contributed by atoms with Crippen LogP contribution in [0.4, 0.5) is 0 Å². The van der Waals surface area contributed by atoms with Crippen molar-refractivity contribution in [3.05, 3.63) is 21.9 Å². The van der Waals surface area contributed by atoms with Crippen molar-refractivity contribution in [3.63, 3.8) is 0 Å². The fourth-order valence-electron chi connectivity index (χ4n) is 1.55. The van der Waals surface area contributed by atoms with Crippen LogP contribution in [0.5, 0.6) is 0 Å². The third-order valence-electron chi connectivity index (χ3n) is 2.48. The zero-order chi connectivity index (χ0) is 9.52. The van der Waals surface area contributed by atoms with E-state index in [9.17, 15) is 0 Å². The van der Waals surface area contributed by atoms with Crippen LogP contribution in [-0.4, -0.2) is 0 Å². The Morgan fingerprint density at radius 1 is 1.15 bits per heavy atom. The molecule has 0 saturated heterocycles. The number of rotatable bonds is 6. The first-order valence-corrected chi connectivity index (χ1v) is 6.25. The average molecular weight is 196 g/mol. The Kier molecular flexibility index (Phi) is 5.14. The van der Waals surface area contributed by atoms with Crippen LogP contribution in [-0.2, 0) is 6.42 Å². The van der Waals surface area contributed by atoms with Crippen molar-refractivity contribution in [3.8, 4) is 0 Å². The first kappa shape index (κ1) is 10.8. The lowest BCUT2D eigenvalue weighted by molar-refractivity contribution is 0.634. The van der Waals surface area contributed by atoms with E-state index in [0.29, 0.717) is 0 Å². The zero-order valence-corrected chi connectivity index (χ0v) is 9.62. The molecule has 0 N–H and O–H groups in total. The van der Waals surface area contributed by atoms with Gasteiger partial charge in [0, 0.05) is 4.88 Å². The third kappa shape index (κ3) is 3.95. The summed E-state index contributed by atoms with van der Waals surface area (Å²) in [6.07, 6.45) is 8.25. The zero-order valence-electron chi connectivity index (χ0n) is 8.81. The molecule has 0 fully saturated rings. The Bertz CT molecular complexity index is 225. The van der Waals surface area contributed by atoms with E-state index in [1.165, 1.54) is 44.1 Å². The SMILES string of the molecule is CCCCCCCc1sccc1C. The maximum Gasteiger partial charge on any atom is 0.00743 e. The molecule has 1 rings (SSSR count). The van der Waals surface area contributed by atoms with Gasteiger partial charge < -0.3 is 0 Å². The molecular formula is C12H20S. The van der Waals surface area contributed by atoms with Gasteiger partial charge in [0.15, 0.2) is 0 Å². The smallest absolute Gasteiger partial charge is 0.00743 e. The second-order valence-electron chi connectivity index (χ2n) is 3.69. The maximum absolute atomic E-state index is 2.27. The highest BCUT2D eigenvalue weighted by molar-refractivity contribution is 7.10. The van der Waals surface area contributed by atoms with E-state index < -0.39 is 0 Å². The molecule has 13 heavy (non-hydrogen) atoms. The molecular weight excluding hydrogens is 176 g/mol. The van der Waals surface area contributed by atoms with Crippen LogP contribution >= 0.6 is 11.3 Å². The summed E-state index contributed by atoms with van der Waals surface area (Å²) in [5.41, 5.74) is 1.49. The Morgan fingerprint density at radius 3 is 2.54 bits per heavy atom. The summed E-state index contributed by atoms with van der Waals surface area (Å²) in [5.74, 6) is 0. The van der Waals surface area contributed by atoms with Crippen molar-refractivity contribution in [2.24, 2.45) is 0 Å². The van der Waals surface area contributed by atoms with E-state index in [-0.39, 0.29) is 0 Å². The molecule has 0 atom stereocenters. The van der Waals surface area contributed by atoms with Gasteiger partial charge in [-0.25, -0.2) is 0 Å². The van der Waals surface area contributed by atoms with Crippen LogP contribution in [0, 0.1) is 6.92 Å². The minimum absolute atomic E-state index is 1.30. The van der Waals surface area contributed by atoms with Gasteiger partial charge in [-0.15, -0.1) is 11.3 Å². The third-order valence-corrected chi connectivity index (χ3v) is 3.56. The van der Waals surface area contributed by atoms with E-state index in [1.54, 1.807) is 4.88 Å². The second-order valence-corrected chi connectivity index (χ2v) is 4.69. The molecule has 0 nitrogen and oxygen atoms in total. The number of hydrogen-bond donors (Lipinski definition) is 0. The Labute approximate surface area is 86.0 Å². The molecule has 0 unspecified atom stereocenters. The van der Waals surface area contributed by atoms with Gasteiger partial charge in [-0.05, 0) is 36.8 Å². The lowest BCUT2D eigenvalue weighted by atomic mass is 10.1. The molecule has 74 valence electrons. The molecule has 0 aromatic carbocycles. The van der Waals surface area contributed by atoms with Gasteiger partial charge in [0.05, 0.1) is 0 Å². The quantitative estimate of drug-likeness (QED) is 0.585. The van der Waals surface area contributed by atoms with Gasteiger partial charge in [0.2, 0.25) is 0 Å². The predicted molar refractivity (Wildman–Crippen MR) is 61.5 cm³/mol. The van der Waals surface area contributed by atoms with Gasteiger partial charge in [0.25, 0.3) is 0 Å². The van der Waals surface area contributed by atoms with Gasteiger partial charge in [-0.3, -0.25) is 0 Å². The maximum atomic E-state index is 2.27. The molecule has 1 aromatic rings. The van der Waals surface area contributed by atoms with Crippen LogP contribution < -0.4 is 0 Å². The van der Waals surface area contributed by atoms with Crippen molar-refractivity contribution in [2.75, 3.05) is 0 Å². The Hall–Kier alpha value is -0.300. The summed E-state index contributed by atoms with van der Waals surface area (Å²) in [7, 11) is 0. The number of hydrogen-bond acceptors (Lipinski definition) is 1. The molecule has 0 spiro atoms. The van der Waals surface area contributed by atoms with Crippen LogP contribution in [0.15, 0.2) is 11.4 Å². The van der Waals surface area contributed by atoms with E-state index in [1.807, 2.05) is 11.3 Å². The molecule has 0 bridgehead atoms. The van der Waals surface area contributed by atoms with Crippen molar-refractivity contribution >= 4 is 11.3 Å². The van der Waals surface area contributed by atoms with Crippen LogP contribution in [0.2, 0.25) is 0 Å². The Balaban J connectivity index is 2.10. The predicted octanol–water partition coefficient (Wildman–Crippen LogP) is 4.57. The van der Waals surface area contributed by atoms with Crippen molar-refractivity contribution in [1.82, 2.24) is 0 Å². The molecule has 1 aromatic heterocycles. The molecule has 0 radical (unpaired) electrons. The van der Waals surface area contributed by atoms with E-state index in [2.05, 4.69) is 25.3 Å². The number of aryl methyl sites for hydroxylation is 2. The van der Waals surface area contributed by atoms with E-state index in [0.717, 1.165) is 0 Å². The second kappa shape index (κ2) is 6.20. The lowest BCUT2D eigenvalue weighted by Crippen LogP contribution is -1.84. The fraction of sp³-hybridized carbons (Fsp3) is 0.667. The topological polar surface area (TPSA) is 0 Å². The Morgan fingerprint density at radius 2 is 1.92 bits per heavy atom. The fourth-order valence-corrected chi connectivity index (χ4v) is 2.50. The summed E-state index contributed by atoms with van der Waals surface area (Å²) in [6, 6.07) is 2.23. The first-order chi connectivity index (χ1) is 6.34. The molecule has 0 aliphatic carbocycles. The average Bonchev–Trinajstić information content (AvgIpc) is 2.52. The van der Waals surface area contributed by atoms with Gasteiger partial charge in [0.1, 0.15) is 0 Å². The summed E-state index contributed by atoms with van der Waals surface area (Å²) in [5, 5.41) is 2.21. The lowest BCUT2D eigenvalue weighted by Gasteiger charge is -1.99. The highest BCUT2D eigenvalue weighted by Gasteiger charge is 1.98. The molecule has 0 amide bonds. The van der Waals surface area contributed by atoms with Gasteiger partial charge in [-0.2, -0.15) is 0 Å². The minimum atomic E-state index is 1.30. The summed E-state index contributed by atoms with van der Waals surface area (Å²) >= 11 is 1.91. The van der Waals surface area contributed by atoms with Crippen molar-refractivity contribution < 1.29 is 0 Å². The van der Waals surface area contributed by atoms with Crippen molar-refractivity contribution in [2.45, 2.75) is 52.4 Å². The molecule has 0 aliphatic rings. The molecule has 1 heteroatoms. The van der Waals surface area contributed by atoms with Gasteiger partial charge in [-0.1, -0.05) is 32.6 Å². The van der Waals surface area contributed by atoms with Crippen LogP contribution in [0.3, 0.4) is 0 Å². The van der Waals surface area contributed by atoms with E-state index in [4.69, 9.17) is 0 Å². The number of thiophene rings is 1. The molecule has 1 heterocycles. The highest BCUT2D eigenvalue weighted by atomic mass is 32.1. The standard InChI is InChI=1S/C12H20S/c1-3-4-5-6-7-8-12-11(2)9-10-13-12/h9-10H,3-8H2,1-2H3. The van der Waals surface area contributed by atoms with Gasteiger partial charge >= 0.3 is 0 Å². The highest BCUT2D eigenvalue weighted by Crippen LogP contribution is 2.18. The monoisotopic (exact) mass is 196 g/mol.